The van der Waals surface area contributed by atoms with Gasteiger partial charge in [-0.25, -0.2) is 10.2 Å². The highest BCUT2D eigenvalue weighted by Gasteiger charge is 2.11. The molecule has 13 heavy (non-hydrogen) atoms. The van der Waals surface area contributed by atoms with Crippen LogP contribution in [0.4, 0.5) is 4.39 Å². The molecule has 0 bridgehead atoms. The molecule has 0 atom stereocenters. The van der Waals surface area contributed by atoms with E-state index in [-0.39, 0.29) is 5.82 Å². The zero-order valence-electron chi connectivity index (χ0n) is 7.01. The molecule has 0 aliphatic rings. The van der Waals surface area contributed by atoms with Crippen LogP contribution in [0.25, 0.3) is 0 Å². The van der Waals surface area contributed by atoms with Crippen molar-refractivity contribution in [2.45, 2.75) is 0 Å². The number of hydrogen-bond donors (Lipinski definition) is 2. The van der Waals surface area contributed by atoms with Crippen LogP contribution in [0.3, 0.4) is 0 Å². The molecule has 0 amide bonds. The van der Waals surface area contributed by atoms with Crippen LogP contribution in [0.1, 0.15) is 5.56 Å². The van der Waals surface area contributed by atoms with Crippen LogP contribution in [0.2, 0.25) is 0 Å². The fourth-order valence-corrected chi connectivity index (χ4v) is 1.50. The zero-order valence-corrected chi connectivity index (χ0v) is 8.60. The van der Waals surface area contributed by atoms with Gasteiger partial charge in [-0.1, -0.05) is 6.07 Å². The average molecular weight is 246 g/mol. The molecule has 0 saturated carbocycles. The van der Waals surface area contributed by atoms with E-state index in [9.17, 15) is 4.39 Å². The van der Waals surface area contributed by atoms with Crippen LogP contribution < -0.4 is 11.3 Å². The fraction of sp³-hybridized carbons (Fsp3) is 0.125. The Balaban J connectivity index is 3.27. The molecule has 3 nitrogen and oxygen atoms in total. The molecule has 0 heterocycles. The van der Waals surface area contributed by atoms with E-state index in [0.29, 0.717) is 15.9 Å². The summed E-state index contributed by atoms with van der Waals surface area (Å²) in [4.78, 5) is 3.81. The Morgan fingerprint density at radius 3 is 2.77 bits per heavy atom. The number of nitrogens with zero attached hydrogens (tertiary/aromatic N) is 1. The predicted octanol–water partition coefficient (Wildman–Crippen LogP) is 1.43. The first-order valence-corrected chi connectivity index (χ1v) is 4.37. The molecule has 0 radical (unpaired) electrons. The average Bonchev–Trinajstić information content (AvgIpc) is 2.11. The molecule has 1 aromatic carbocycles. The Hall–Kier alpha value is -0.940. The van der Waals surface area contributed by atoms with Crippen molar-refractivity contribution in [3.63, 3.8) is 0 Å². The van der Waals surface area contributed by atoms with Gasteiger partial charge in [-0.05, 0) is 28.1 Å². The van der Waals surface area contributed by atoms with Crippen molar-refractivity contribution in [1.82, 2.24) is 5.43 Å². The highest BCUT2D eigenvalue weighted by atomic mass is 79.9. The zero-order chi connectivity index (χ0) is 9.84. The van der Waals surface area contributed by atoms with Crippen molar-refractivity contribution >= 4 is 21.8 Å². The third-order valence-electron chi connectivity index (χ3n) is 1.56. The maximum Gasteiger partial charge on any atom is 0.146 e. The molecule has 0 unspecified atom stereocenters. The molecule has 0 fully saturated rings. The monoisotopic (exact) mass is 245 g/mol. The number of hydrogen-bond acceptors (Lipinski definition) is 2. The maximum absolute atomic E-state index is 13.3. The van der Waals surface area contributed by atoms with Crippen LogP contribution >= 0.6 is 15.9 Å². The summed E-state index contributed by atoms with van der Waals surface area (Å²) in [6.07, 6.45) is 0. The van der Waals surface area contributed by atoms with Crippen LogP contribution in [0.15, 0.2) is 27.7 Å². The van der Waals surface area contributed by atoms with Gasteiger partial charge in [-0.15, -0.1) is 0 Å². The van der Waals surface area contributed by atoms with Gasteiger partial charge in [0.25, 0.3) is 0 Å². The van der Waals surface area contributed by atoms with Crippen molar-refractivity contribution < 1.29 is 4.39 Å². The largest absolute Gasteiger partial charge is 0.308 e. The summed E-state index contributed by atoms with van der Waals surface area (Å²) < 4.78 is 13.9. The minimum Gasteiger partial charge on any atom is -0.308 e. The Kier molecular flexibility index (Phi) is 3.39. The highest BCUT2D eigenvalue weighted by molar-refractivity contribution is 9.10. The molecule has 0 saturated heterocycles. The smallest absolute Gasteiger partial charge is 0.146 e. The molecular weight excluding hydrogens is 237 g/mol. The van der Waals surface area contributed by atoms with Crippen molar-refractivity contribution in [2.24, 2.45) is 10.8 Å². The van der Waals surface area contributed by atoms with E-state index in [1.165, 1.54) is 13.1 Å². The second-order valence-electron chi connectivity index (χ2n) is 2.31. The topological polar surface area (TPSA) is 50.4 Å². The molecule has 3 N–H and O–H groups in total. The summed E-state index contributed by atoms with van der Waals surface area (Å²) in [6, 6.07) is 4.68. The van der Waals surface area contributed by atoms with Gasteiger partial charge in [0.1, 0.15) is 11.7 Å². The molecule has 0 aliphatic carbocycles. The molecule has 5 heteroatoms. The van der Waals surface area contributed by atoms with Gasteiger partial charge in [0, 0.05) is 11.5 Å². The van der Waals surface area contributed by atoms with Gasteiger partial charge in [0.15, 0.2) is 0 Å². The Bertz CT molecular complexity index is 318. The number of halogens is 2. The van der Waals surface area contributed by atoms with Gasteiger partial charge in [-0.2, -0.15) is 0 Å². The van der Waals surface area contributed by atoms with E-state index in [1.54, 1.807) is 12.1 Å². The summed E-state index contributed by atoms with van der Waals surface area (Å²) in [5, 5.41) is 0. The van der Waals surface area contributed by atoms with E-state index in [0.717, 1.165) is 0 Å². The number of nitrogens with one attached hydrogen (secondary N) is 1. The minimum absolute atomic E-state index is 0.310. The van der Waals surface area contributed by atoms with Crippen LogP contribution in [0, 0.1) is 5.82 Å². The lowest BCUT2D eigenvalue weighted by molar-refractivity contribution is 0.623. The predicted molar refractivity (Wildman–Crippen MR) is 53.9 cm³/mol. The third-order valence-corrected chi connectivity index (χ3v) is 2.22. The minimum atomic E-state index is -0.368. The van der Waals surface area contributed by atoms with E-state index in [2.05, 4.69) is 26.3 Å². The van der Waals surface area contributed by atoms with Crippen LogP contribution in [-0.2, 0) is 0 Å². The second kappa shape index (κ2) is 4.34. The quantitative estimate of drug-likeness (QED) is 0.341. The number of rotatable bonds is 1. The van der Waals surface area contributed by atoms with E-state index in [4.69, 9.17) is 5.84 Å². The molecule has 0 aliphatic heterocycles. The summed E-state index contributed by atoms with van der Waals surface area (Å²) in [6.45, 7) is 0. The number of hydrazine groups is 1. The number of amidine groups is 1. The van der Waals surface area contributed by atoms with Gasteiger partial charge < -0.3 is 5.43 Å². The number of aliphatic imine (C=N–C) groups is 1. The van der Waals surface area contributed by atoms with Crippen molar-refractivity contribution in [1.29, 1.82) is 0 Å². The van der Waals surface area contributed by atoms with E-state index >= 15 is 0 Å². The molecule has 1 aromatic rings. The Morgan fingerprint density at radius 1 is 1.62 bits per heavy atom. The highest BCUT2D eigenvalue weighted by Crippen LogP contribution is 2.19. The Morgan fingerprint density at radius 2 is 2.31 bits per heavy atom. The summed E-state index contributed by atoms with van der Waals surface area (Å²) in [7, 11) is 1.54. The molecule has 0 spiro atoms. The SMILES string of the molecule is CN=C(NN)c1c(F)cccc1Br. The van der Waals surface area contributed by atoms with E-state index < -0.39 is 0 Å². The molecular formula is C8H9BrFN3. The third kappa shape index (κ3) is 2.05. The fourth-order valence-electron chi connectivity index (χ4n) is 0.973. The summed E-state index contributed by atoms with van der Waals surface area (Å²) >= 11 is 3.21. The van der Waals surface area contributed by atoms with Crippen molar-refractivity contribution in [2.75, 3.05) is 7.05 Å². The van der Waals surface area contributed by atoms with Gasteiger partial charge in [-0.3, -0.25) is 4.99 Å². The first-order valence-electron chi connectivity index (χ1n) is 3.58. The van der Waals surface area contributed by atoms with Crippen molar-refractivity contribution in [3.05, 3.63) is 34.1 Å². The van der Waals surface area contributed by atoms with Crippen LogP contribution in [-0.4, -0.2) is 12.9 Å². The molecule has 0 aromatic heterocycles. The normalized spacial score (nSPS) is 11.5. The molecule has 1 rings (SSSR count). The maximum atomic E-state index is 13.3. The van der Waals surface area contributed by atoms with Gasteiger partial charge in [0.05, 0.1) is 5.56 Å². The lowest BCUT2D eigenvalue weighted by Crippen LogP contribution is -2.32. The lowest BCUT2D eigenvalue weighted by atomic mass is 10.2. The van der Waals surface area contributed by atoms with Crippen molar-refractivity contribution in [3.8, 4) is 0 Å². The first kappa shape index (κ1) is 10.1. The molecule has 70 valence electrons. The second-order valence-corrected chi connectivity index (χ2v) is 3.17. The Labute approximate surface area is 83.9 Å². The number of nitrogens with two attached hydrogens (primary N) is 1. The standard InChI is InChI=1S/C8H9BrFN3/c1-12-8(13-11)7-5(9)3-2-4-6(7)10/h2-4H,11H2,1H3,(H,12,13). The van der Waals surface area contributed by atoms with Gasteiger partial charge in [0.2, 0.25) is 0 Å². The first-order chi connectivity index (χ1) is 6.20. The summed E-state index contributed by atoms with van der Waals surface area (Å²) in [5.41, 5.74) is 2.67. The van der Waals surface area contributed by atoms with E-state index in [1.807, 2.05) is 0 Å². The van der Waals surface area contributed by atoms with Crippen LogP contribution in [0.5, 0.6) is 0 Å². The summed E-state index contributed by atoms with van der Waals surface area (Å²) in [5.74, 6) is 5.13. The van der Waals surface area contributed by atoms with Gasteiger partial charge >= 0.3 is 0 Å². The lowest BCUT2D eigenvalue weighted by Gasteiger charge is -2.07. The number of benzene rings is 1.